The second kappa shape index (κ2) is 4.53. The van der Waals surface area contributed by atoms with Gasteiger partial charge in [0, 0.05) is 34.4 Å². The number of rotatable bonds is 3. The predicted molar refractivity (Wildman–Crippen MR) is 75.8 cm³/mol. The van der Waals surface area contributed by atoms with Crippen LogP contribution in [-0.2, 0) is 0 Å². The first-order valence-corrected chi connectivity index (χ1v) is 7.16. The highest BCUT2D eigenvalue weighted by molar-refractivity contribution is 14.1. The first-order chi connectivity index (χ1) is 7.83. The molecule has 1 N–H and O–H groups in total. The molecule has 1 heterocycles. The van der Waals surface area contributed by atoms with Gasteiger partial charge >= 0.3 is 0 Å². The summed E-state index contributed by atoms with van der Waals surface area (Å²) in [6.45, 7) is 2.52. The van der Waals surface area contributed by atoms with Crippen molar-refractivity contribution in [2.24, 2.45) is 0 Å². The molecule has 1 aromatic rings. The Hall–Kier alpha value is -0.290. The molecular formula is C13H17IN2. The maximum absolute atomic E-state index is 3.67. The lowest BCUT2D eigenvalue weighted by Crippen LogP contribution is -2.27. The normalized spacial score (nSPS) is 25.9. The second-order valence-corrected chi connectivity index (χ2v) is 6.00. The van der Waals surface area contributed by atoms with Crippen molar-refractivity contribution in [3.63, 3.8) is 0 Å². The van der Waals surface area contributed by atoms with Crippen molar-refractivity contribution in [3.8, 4) is 0 Å². The van der Waals surface area contributed by atoms with Gasteiger partial charge in [0.05, 0.1) is 0 Å². The van der Waals surface area contributed by atoms with Crippen LogP contribution in [0.25, 0.3) is 0 Å². The van der Waals surface area contributed by atoms with E-state index in [1.54, 1.807) is 0 Å². The van der Waals surface area contributed by atoms with Crippen molar-refractivity contribution in [2.45, 2.75) is 31.3 Å². The average Bonchev–Trinajstić information content (AvgIpc) is 3.03. The average molecular weight is 328 g/mol. The van der Waals surface area contributed by atoms with Gasteiger partial charge in [-0.15, -0.1) is 0 Å². The summed E-state index contributed by atoms with van der Waals surface area (Å²) in [4.78, 5) is 2.65. The van der Waals surface area contributed by atoms with Crippen LogP contribution < -0.4 is 5.32 Å². The molecular weight excluding hydrogens is 311 g/mol. The number of nitrogens with one attached hydrogen (secondary N) is 1. The molecule has 1 aliphatic carbocycles. The highest BCUT2D eigenvalue weighted by Gasteiger charge is 2.34. The van der Waals surface area contributed by atoms with Gasteiger partial charge in [0.25, 0.3) is 0 Å². The van der Waals surface area contributed by atoms with Gasteiger partial charge in [0.15, 0.2) is 0 Å². The van der Waals surface area contributed by atoms with Gasteiger partial charge in [-0.2, -0.15) is 0 Å². The van der Waals surface area contributed by atoms with Crippen LogP contribution in [0.2, 0.25) is 0 Å². The Kier molecular flexibility index (Phi) is 3.07. The van der Waals surface area contributed by atoms with Gasteiger partial charge in [0.2, 0.25) is 0 Å². The molecule has 1 aromatic carbocycles. The summed E-state index contributed by atoms with van der Waals surface area (Å²) in [7, 11) is 0. The van der Waals surface area contributed by atoms with Crippen molar-refractivity contribution in [1.82, 2.24) is 4.90 Å². The molecule has 1 saturated heterocycles. The van der Waals surface area contributed by atoms with Crippen molar-refractivity contribution in [3.05, 3.63) is 27.8 Å². The molecule has 0 aromatic heterocycles. The summed E-state index contributed by atoms with van der Waals surface area (Å²) in [6.07, 6.45) is 4.15. The van der Waals surface area contributed by atoms with E-state index in [4.69, 9.17) is 0 Å². The molecule has 0 bridgehead atoms. The van der Waals surface area contributed by atoms with Crippen LogP contribution in [0.4, 0.5) is 5.69 Å². The minimum Gasteiger partial charge on any atom is -0.380 e. The Morgan fingerprint density at radius 3 is 2.75 bits per heavy atom. The fourth-order valence-electron chi connectivity index (χ4n) is 2.47. The van der Waals surface area contributed by atoms with Crippen LogP contribution in [0.15, 0.2) is 24.3 Å². The summed E-state index contributed by atoms with van der Waals surface area (Å²) in [6, 6.07) is 10.1. The Balaban J connectivity index is 1.61. The quantitative estimate of drug-likeness (QED) is 0.859. The largest absolute Gasteiger partial charge is 0.380 e. The standard InChI is InChI=1S/C13H17IN2/c14-12-3-1-2-4-13(12)15-10-7-8-16(9-10)11-5-6-11/h1-4,10-11,15H,5-9H2. The predicted octanol–water partition coefficient (Wildman–Crippen LogP) is 2.94. The number of hydrogen-bond acceptors (Lipinski definition) is 2. The number of benzene rings is 1. The molecule has 1 unspecified atom stereocenters. The van der Waals surface area contributed by atoms with E-state index in [9.17, 15) is 0 Å². The topological polar surface area (TPSA) is 15.3 Å². The van der Waals surface area contributed by atoms with E-state index in [-0.39, 0.29) is 0 Å². The number of likely N-dealkylation sites (tertiary alicyclic amines) is 1. The molecule has 3 heteroatoms. The molecule has 0 spiro atoms. The Morgan fingerprint density at radius 2 is 2.00 bits per heavy atom. The molecule has 1 aliphatic heterocycles. The smallest absolute Gasteiger partial charge is 0.0478 e. The van der Waals surface area contributed by atoms with Crippen molar-refractivity contribution in [2.75, 3.05) is 18.4 Å². The zero-order chi connectivity index (χ0) is 11.0. The van der Waals surface area contributed by atoms with Crippen LogP contribution >= 0.6 is 22.6 Å². The first kappa shape index (κ1) is 10.8. The first-order valence-electron chi connectivity index (χ1n) is 6.08. The lowest BCUT2D eigenvalue weighted by Gasteiger charge is -2.17. The lowest BCUT2D eigenvalue weighted by molar-refractivity contribution is 0.326. The minimum atomic E-state index is 0.650. The van der Waals surface area contributed by atoms with Crippen LogP contribution in [0.5, 0.6) is 0 Å². The van der Waals surface area contributed by atoms with Gasteiger partial charge in [-0.1, -0.05) is 12.1 Å². The third-order valence-electron chi connectivity index (χ3n) is 3.52. The number of halogens is 1. The molecule has 1 atom stereocenters. The third-order valence-corrected chi connectivity index (χ3v) is 4.46. The number of para-hydroxylation sites is 1. The second-order valence-electron chi connectivity index (χ2n) is 4.84. The van der Waals surface area contributed by atoms with E-state index in [1.807, 2.05) is 0 Å². The summed E-state index contributed by atoms with van der Waals surface area (Å²) in [5, 5.41) is 3.67. The minimum absolute atomic E-state index is 0.650. The summed E-state index contributed by atoms with van der Waals surface area (Å²) >= 11 is 2.40. The van der Waals surface area contributed by atoms with Gasteiger partial charge in [0.1, 0.15) is 0 Å². The summed E-state index contributed by atoms with van der Waals surface area (Å²) in [5.74, 6) is 0. The van der Waals surface area contributed by atoms with Crippen LogP contribution in [0, 0.1) is 3.57 Å². The van der Waals surface area contributed by atoms with Crippen molar-refractivity contribution < 1.29 is 0 Å². The van der Waals surface area contributed by atoms with E-state index < -0.39 is 0 Å². The van der Waals surface area contributed by atoms with Gasteiger partial charge in [-0.05, 0) is 54.0 Å². The van der Waals surface area contributed by atoms with Crippen LogP contribution in [-0.4, -0.2) is 30.1 Å². The van der Waals surface area contributed by atoms with E-state index in [1.165, 1.54) is 41.6 Å². The third kappa shape index (κ3) is 2.35. The summed E-state index contributed by atoms with van der Waals surface area (Å²) in [5.41, 5.74) is 1.30. The number of nitrogens with zero attached hydrogens (tertiary/aromatic N) is 1. The Bertz CT molecular complexity index is 376. The molecule has 0 amide bonds. The van der Waals surface area contributed by atoms with Gasteiger partial charge in [-0.3, -0.25) is 4.90 Å². The van der Waals surface area contributed by atoms with E-state index in [2.05, 4.69) is 57.1 Å². The zero-order valence-electron chi connectivity index (χ0n) is 9.32. The molecule has 2 nitrogen and oxygen atoms in total. The SMILES string of the molecule is Ic1ccccc1NC1CCN(C2CC2)C1. The fourth-order valence-corrected chi connectivity index (χ4v) is 3.02. The van der Waals surface area contributed by atoms with E-state index in [0.29, 0.717) is 6.04 Å². The summed E-state index contributed by atoms with van der Waals surface area (Å²) < 4.78 is 1.32. The van der Waals surface area contributed by atoms with Crippen molar-refractivity contribution >= 4 is 28.3 Å². The molecule has 0 radical (unpaired) electrons. The highest BCUT2D eigenvalue weighted by atomic mass is 127. The number of hydrogen-bond donors (Lipinski definition) is 1. The molecule has 16 heavy (non-hydrogen) atoms. The maximum Gasteiger partial charge on any atom is 0.0478 e. The van der Waals surface area contributed by atoms with Gasteiger partial charge in [-0.25, -0.2) is 0 Å². The lowest BCUT2D eigenvalue weighted by atomic mass is 10.2. The van der Waals surface area contributed by atoms with Crippen molar-refractivity contribution in [1.29, 1.82) is 0 Å². The number of anilines is 1. The molecule has 1 saturated carbocycles. The monoisotopic (exact) mass is 328 g/mol. The maximum atomic E-state index is 3.67. The van der Waals surface area contributed by atoms with Crippen LogP contribution in [0.3, 0.4) is 0 Å². The molecule has 86 valence electrons. The van der Waals surface area contributed by atoms with Gasteiger partial charge < -0.3 is 5.32 Å². The molecule has 2 aliphatic rings. The van der Waals surface area contributed by atoms with E-state index in [0.717, 1.165) is 6.04 Å². The Morgan fingerprint density at radius 1 is 1.19 bits per heavy atom. The van der Waals surface area contributed by atoms with E-state index >= 15 is 0 Å². The Labute approximate surface area is 111 Å². The molecule has 3 rings (SSSR count). The highest BCUT2D eigenvalue weighted by Crippen LogP contribution is 2.31. The van der Waals surface area contributed by atoms with Crippen LogP contribution in [0.1, 0.15) is 19.3 Å². The fraction of sp³-hybridized carbons (Fsp3) is 0.538. The zero-order valence-corrected chi connectivity index (χ0v) is 11.5. The molecule has 2 fully saturated rings.